The number of benzene rings is 1. The summed E-state index contributed by atoms with van der Waals surface area (Å²) < 4.78 is 1.14. The number of pyridine rings is 1. The van der Waals surface area contributed by atoms with E-state index >= 15 is 0 Å². The van der Waals surface area contributed by atoms with Crippen molar-refractivity contribution >= 4 is 23.3 Å². The summed E-state index contributed by atoms with van der Waals surface area (Å²) in [6.45, 7) is 2.72. The third-order valence-corrected chi connectivity index (χ3v) is 4.87. The van der Waals surface area contributed by atoms with Crippen LogP contribution in [-0.2, 0) is 4.79 Å². The molecule has 2 aromatic rings. The second-order valence-electron chi connectivity index (χ2n) is 6.51. The molecule has 26 heavy (non-hydrogen) atoms. The van der Waals surface area contributed by atoms with Gasteiger partial charge in [-0.15, -0.1) is 0 Å². The van der Waals surface area contributed by atoms with Gasteiger partial charge in [0.2, 0.25) is 0 Å². The van der Waals surface area contributed by atoms with Crippen LogP contribution in [0.3, 0.4) is 0 Å². The molecule has 1 aromatic heterocycles. The van der Waals surface area contributed by atoms with Gasteiger partial charge in [-0.1, -0.05) is 41.9 Å². The maximum Gasteiger partial charge on any atom is 0.254 e. The maximum absolute atomic E-state index is 13.2. The zero-order chi connectivity index (χ0) is 18.7. The van der Waals surface area contributed by atoms with Crippen LogP contribution in [0.25, 0.3) is 0 Å². The fourth-order valence-corrected chi connectivity index (χ4v) is 3.25. The van der Waals surface area contributed by atoms with Crippen molar-refractivity contribution in [2.45, 2.75) is 6.04 Å². The summed E-state index contributed by atoms with van der Waals surface area (Å²) in [5.74, 6) is -0.776. The molecule has 1 aliphatic heterocycles. The van der Waals surface area contributed by atoms with Crippen molar-refractivity contribution in [3.05, 3.63) is 69.6 Å². The van der Waals surface area contributed by atoms with Gasteiger partial charge in [-0.3, -0.25) is 19.0 Å². The summed E-state index contributed by atoms with van der Waals surface area (Å²) in [5.41, 5.74) is -0.0470. The second kappa shape index (κ2) is 7.85. The fourth-order valence-electron chi connectivity index (χ4n) is 3.08. The normalized spacial score (nSPS) is 16.3. The number of hydrogen-bond donors (Lipinski definition) is 1. The summed E-state index contributed by atoms with van der Waals surface area (Å²) in [7, 11) is 2.07. The van der Waals surface area contributed by atoms with Gasteiger partial charge in [-0.25, -0.2) is 0 Å². The molecule has 1 N–H and O–H groups in total. The predicted molar refractivity (Wildman–Crippen MR) is 98.7 cm³/mol. The van der Waals surface area contributed by atoms with Gasteiger partial charge in [-0.05, 0) is 6.07 Å². The number of aromatic nitrogens is 1. The Balaban J connectivity index is 2.01. The van der Waals surface area contributed by atoms with E-state index in [0.29, 0.717) is 23.7 Å². The molecular formula is C19H21ClN3O3+. The van der Waals surface area contributed by atoms with Crippen LogP contribution in [0.2, 0.25) is 5.02 Å². The number of nitrogens with zero attached hydrogens (tertiary/aromatic N) is 2. The first-order chi connectivity index (χ1) is 12.5. The average molecular weight is 375 g/mol. The first-order valence-corrected chi connectivity index (χ1v) is 8.92. The Bertz CT molecular complexity index is 858. The number of nitrogens with one attached hydrogen (secondary N) is 1. The van der Waals surface area contributed by atoms with E-state index in [1.165, 1.54) is 23.2 Å². The quantitative estimate of drug-likeness (QED) is 0.617. The molecule has 1 amide bonds. The molecule has 0 aliphatic carbocycles. The van der Waals surface area contributed by atoms with E-state index < -0.39 is 17.4 Å². The lowest BCUT2D eigenvalue weighted by molar-refractivity contribution is -0.883. The minimum Gasteiger partial charge on any atom is -0.334 e. The van der Waals surface area contributed by atoms with E-state index in [4.69, 9.17) is 11.6 Å². The van der Waals surface area contributed by atoms with Crippen molar-refractivity contribution in [2.24, 2.45) is 0 Å². The minimum absolute atomic E-state index is 0.297. The lowest BCUT2D eigenvalue weighted by Gasteiger charge is -2.32. The molecule has 7 heteroatoms. The number of rotatable bonds is 4. The van der Waals surface area contributed by atoms with Crippen molar-refractivity contribution in [3.63, 3.8) is 0 Å². The van der Waals surface area contributed by atoms with Crippen LogP contribution in [0.4, 0.5) is 0 Å². The lowest BCUT2D eigenvalue weighted by Crippen LogP contribution is -3.12. The minimum atomic E-state index is -1.25. The SMILES string of the molecule is C[NH+]1CCN(C(=O)[C@@H](C(=O)c2ccccc2)n2cc(Cl)ccc2=O)CC1. The van der Waals surface area contributed by atoms with E-state index in [2.05, 4.69) is 7.05 Å². The third-order valence-electron chi connectivity index (χ3n) is 4.65. The highest BCUT2D eigenvalue weighted by Crippen LogP contribution is 2.18. The highest BCUT2D eigenvalue weighted by atomic mass is 35.5. The zero-order valence-electron chi connectivity index (χ0n) is 14.5. The predicted octanol–water partition coefficient (Wildman–Crippen LogP) is 0.283. The van der Waals surface area contributed by atoms with Crippen molar-refractivity contribution in [1.82, 2.24) is 9.47 Å². The molecule has 0 saturated carbocycles. The van der Waals surface area contributed by atoms with Crippen LogP contribution in [0.1, 0.15) is 16.4 Å². The van der Waals surface area contributed by atoms with Crippen molar-refractivity contribution in [3.8, 4) is 0 Å². The summed E-state index contributed by atoms with van der Waals surface area (Å²) in [6.07, 6.45) is 1.36. The Morgan fingerprint density at radius 3 is 2.38 bits per heavy atom. The molecule has 1 atom stereocenters. The fraction of sp³-hybridized carbons (Fsp3) is 0.316. The maximum atomic E-state index is 13.2. The largest absolute Gasteiger partial charge is 0.334 e. The number of ketones is 1. The molecule has 0 bridgehead atoms. The average Bonchev–Trinajstić information content (AvgIpc) is 2.66. The molecule has 2 heterocycles. The molecule has 1 fully saturated rings. The Morgan fingerprint density at radius 1 is 1.08 bits per heavy atom. The molecule has 1 saturated heterocycles. The van der Waals surface area contributed by atoms with E-state index in [1.807, 2.05) is 0 Å². The first kappa shape index (κ1) is 18.4. The topological polar surface area (TPSA) is 63.8 Å². The van der Waals surface area contributed by atoms with Gasteiger partial charge in [0.1, 0.15) is 0 Å². The van der Waals surface area contributed by atoms with Crippen LogP contribution in [0.15, 0.2) is 53.5 Å². The molecule has 0 unspecified atom stereocenters. The zero-order valence-corrected chi connectivity index (χ0v) is 15.3. The van der Waals surface area contributed by atoms with Crippen molar-refractivity contribution in [1.29, 1.82) is 0 Å². The number of Topliss-reactive ketones (excluding diaryl/α,β-unsaturated/α-hetero) is 1. The van der Waals surface area contributed by atoms with E-state index in [9.17, 15) is 14.4 Å². The number of carbonyl (C=O) groups is 2. The molecule has 6 nitrogen and oxygen atoms in total. The lowest BCUT2D eigenvalue weighted by atomic mass is 10.0. The van der Waals surface area contributed by atoms with Gasteiger partial charge >= 0.3 is 0 Å². The Hall–Kier alpha value is -2.44. The molecule has 136 valence electrons. The molecule has 3 rings (SSSR count). The van der Waals surface area contributed by atoms with Crippen LogP contribution < -0.4 is 10.5 Å². The van der Waals surface area contributed by atoms with Gasteiger partial charge in [0.05, 0.1) is 38.2 Å². The van der Waals surface area contributed by atoms with Crippen molar-refractivity contribution in [2.75, 3.05) is 33.2 Å². The number of likely N-dealkylation sites (N-methyl/N-ethyl adjacent to an activating group) is 1. The summed E-state index contributed by atoms with van der Waals surface area (Å²) in [6, 6.07) is 10.0. The smallest absolute Gasteiger partial charge is 0.254 e. The monoisotopic (exact) mass is 374 g/mol. The van der Waals surface area contributed by atoms with Crippen LogP contribution >= 0.6 is 11.6 Å². The number of amides is 1. The van der Waals surface area contributed by atoms with Gasteiger partial charge in [0.25, 0.3) is 11.5 Å². The second-order valence-corrected chi connectivity index (χ2v) is 6.94. The van der Waals surface area contributed by atoms with E-state index in [0.717, 1.165) is 17.7 Å². The highest BCUT2D eigenvalue weighted by molar-refractivity contribution is 6.30. The Morgan fingerprint density at radius 2 is 1.73 bits per heavy atom. The number of quaternary nitrogens is 1. The Labute approximate surface area is 156 Å². The molecule has 0 radical (unpaired) electrons. The van der Waals surface area contributed by atoms with Crippen molar-refractivity contribution < 1.29 is 14.5 Å². The van der Waals surface area contributed by atoms with E-state index in [1.54, 1.807) is 35.2 Å². The summed E-state index contributed by atoms with van der Waals surface area (Å²) >= 11 is 6.02. The molecule has 1 aromatic carbocycles. The molecule has 0 spiro atoms. The summed E-state index contributed by atoms with van der Waals surface area (Å²) in [5, 5.41) is 0.297. The Kier molecular flexibility index (Phi) is 5.54. The molecule has 1 aliphatic rings. The number of carbonyl (C=O) groups excluding carboxylic acids is 2. The standard InChI is InChI=1S/C19H20ClN3O3/c1-21-9-11-22(12-10-21)19(26)17(18(25)14-5-3-2-4-6-14)23-13-15(20)7-8-16(23)24/h2-8,13,17H,9-12H2,1H3/p+1/t17-/m1/s1. The van der Waals surface area contributed by atoms with E-state index in [-0.39, 0.29) is 5.91 Å². The highest BCUT2D eigenvalue weighted by Gasteiger charge is 2.35. The molecular weight excluding hydrogens is 354 g/mol. The van der Waals surface area contributed by atoms with Crippen LogP contribution in [-0.4, -0.2) is 54.4 Å². The first-order valence-electron chi connectivity index (χ1n) is 8.54. The van der Waals surface area contributed by atoms with Gasteiger partial charge in [0.15, 0.2) is 11.8 Å². The summed E-state index contributed by atoms with van der Waals surface area (Å²) in [4.78, 5) is 41.6. The third kappa shape index (κ3) is 3.86. The van der Waals surface area contributed by atoms with Crippen LogP contribution in [0, 0.1) is 0 Å². The van der Waals surface area contributed by atoms with Gasteiger partial charge in [0, 0.05) is 17.8 Å². The number of halogens is 1. The van der Waals surface area contributed by atoms with Gasteiger partial charge in [-0.2, -0.15) is 0 Å². The number of piperazine rings is 1. The number of hydrogen-bond acceptors (Lipinski definition) is 3. The van der Waals surface area contributed by atoms with Gasteiger partial charge < -0.3 is 9.80 Å². The van der Waals surface area contributed by atoms with Crippen LogP contribution in [0.5, 0.6) is 0 Å².